The van der Waals surface area contributed by atoms with Gasteiger partial charge in [-0.05, 0) is 61.2 Å². The second-order valence-electron chi connectivity index (χ2n) is 5.47. The number of ether oxygens (including phenoxy) is 1. The Morgan fingerprint density at radius 2 is 1.71 bits per heavy atom. The van der Waals surface area contributed by atoms with Crippen molar-refractivity contribution in [3.05, 3.63) is 58.6 Å². The lowest BCUT2D eigenvalue weighted by Gasteiger charge is -2.13. The molecule has 0 atom stereocenters. The molecule has 6 nitrogen and oxygen atoms in total. The normalized spacial score (nSPS) is 9.93. The van der Waals surface area contributed by atoms with Gasteiger partial charge in [-0.15, -0.1) is 0 Å². The average Bonchev–Trinajstić information content (AvgIpc) is 2.66. The summed E-state index contributed by atoms with van der Waals surface area (Å²) < 4.78 is 5.53. The van der Waals surface area contributed by atoms with E-state index in [1.807, 2.05) is 30.3 Å². The first-order valence-corrected chi connectivity index (χ1v) is 9.81. The molecule has 2 aromatic carbocycles. The third-order valence-corrected chi connectivity index (χ3v) is 4.21. The maximum atomic E-state index is 11.9. The number of amides is 1. The van der Waals surface area contributed by atoms with E-state index < -0.39 is 0 Å². The first-order chi connectivity index (χ1) is 13.4. The van der Waals surface area contributed by atoms with Gasteiger partial charge in [0, 0.05) is 17.1 Å². The van der Waals surface area contributed by atoms with Gasteiger partial charge < -0.3 is 15.4 Å². The van der Waals surface area contributed by atoms with Crippen LogP contribution >= 0.6 is 47.6 Å². The van der Waals surface area contributed by atoms with Crippen molar-refractivity contribution in [3.8, 4) is 5.75 Å². The monoisotopic (exact) mass is 456 g/mol. The molecule has 0 aliphatic rings. The number of thiocarbonyl (C=S) groups is 2. The number of hydrogen-bond acceptors (Lipinski definition) is 4. The van der Waals surface area contributed by atoms with E-state index >= 15 is 0 Å². The van der Waals surface area contributed by atoms with Gasteiger partial charge in [0.1, 0.15) is 5.75 Å². The molecule has 0 spiro atoms. The second-order valence-corrected chi connectivity index (χ2v) is 7.13. The topological polar surface area (TPSA) is 74.4 Å². The van der Waals surface area contributed by atoms with Crippen molar-refractivity contribution in [2.45, 2.75) is 12.8 Å². The van der Waals surface area contributed by atoms with Crippen molar-refractivity contribution in [3.63, 3.8) is 0 Å². The summed E-state index contributed by atoms with van der Waals surface area (Å²) in [4.78, 5) is 11.9. The summed E-state index contributed by atoms with van der Waals surface area (Å²) in [5, 5.41) is 6.90. The van der Waals surface area contributed by atoms with Crippen LogP contribution in [0.1, 0.15) is 12.8 Å². The molecule has 2 rings (SSSR count). The lowest BCUT2D eigenvalue weighted by molar-refractivity contribution is -0.119. The average molecular weight is 457 g/mol. The van der Waals surface area contributed by atoms with Crippen LogP contribution in [0.4, 0.5) is 5.69 Å². The zero-order chi connectivity index (χ0) is 20.4. The highest BCUT2D eigenvalue weighted by Crippen LogP contribution is 2.27. The summed E-state index contributed by atoms with van der Waals surface area (Å²) >= 11 is 22.0. The molecular weight excluding hydrogens is 439 g/mol. The number of hydrazine groups is 1. The van der Waals surface area contributed by atoms with Crippen LogP contribution in [-0.4, -0.2) is 22.7 Å². The molecule has 0 aromatic heterocycles. The van der Waals surface area contributed by atoms with Gasteiger partial charge >= 0.3 is 0 Å². The minimum absolute atomic E-state index is 0.115. The standard InChI is InChI=1S/C18H18Cl2N4O2S2/c19-12-8-9-15(14(20)11-12)26-10-4-7-16(25)22-18(28)24-23-17(27)21-13-5-2-1-3-6-13/h1-3,5-6,8-9,11H,4,7,10H2,(H2,21,23,27)(H2,22,24,25,28). The van der Waals surface area contributed by atoms with E-state index in [0.717, 1.165) is 5.69 Å². The predicted molar refractivity (Wildman–Crippen MR) is 121 cm³/mol. The van der Waals surface area contributed by atoms with E-state index in [9.17, 15) is 4.79 Å². The van der Waals surface area contributed by atoms with Crippen molar-refractivity contribution in [1.29, 1.82) is 0 Å². The van der Waals surface area contributed by atoms with E-state index in [0.29, 0.717) is 33.9 Å². The maximum Gasteiger partial charge on any atom is 0.226 e. The maximum absolute atomic E-state index is 11.9. The summed E-state index contributed by atoms with van der Waals surface area (Å²) in [6.07, 6.45) is 0.731. The number of halogens is 2. The number of carbonyl (C=O) groups excluding carboxylic acids is 1. The van der Waals surface area contributed by atoms with Crippen LogP contribution in [0.3, 0.4) is 0 Å². The largest absolute Gasteiger partial charge is 0.492 e. The van der Waals surface area contributed by atoms with Crippen LogP contribution in [0.25, 0.3) is 0 Å². The zero-order valence-corrected chi connectivity index (χ0v) is 17.8. The molecule has 0 aliphatic heterocycles. The van der Waals surface area contributed by atoms with Crippen molar-refractivity contribution >= 4 is 69.5 Å². The molecule has 0 saturated carbocycles. The minimum atomic E-state index is -0.243. The van der Waals surface area contributed by atoms with Gasteiger partial charge in [0.05, 0.1) is 11.6 Å². The number of nitrogens with one attached hydrogen (secondary N) is 4. The molecule has 0 saturated heterocycles. The molecule has 148 valence electrons. The molecule has 0 heterocycles. The summed E-state index contributed by atoms with van der Waals surface area (Å²) in [5.41, 5.74) is 6.18. The number of rotatable bonds is 6. The summed E-state index contributed by atoms with van der Waals surface area (Å²) in [6, 6.07) is 14.4. The van der Waals surface area contributed by atoms with Crippen LogP contribution in [0.15, 0.2) is 48.5 Å². The first-order valence-electron chi connectivity index (χ1n) is 8.24. The van der Waals surface area contributed by atoms with Crippen molar-refractivity contribution in [2.24, 2.45) is 0 Å². The van der Waals surface area contributed by atoms with Crippen LogP contribution in [0, 0.1) is 0 Å². The fourth-order valence-corrected chi connectivity index (χ4v) is 2.82. The fourth-order valence-electron chi connectivity index (χ4n) is 2.02. The van der Waals surface area contributed by atoms with Gasteiger partial charge in [0.2, 0.25) is 5.91 Å². The van der Waals surface area contributed by atoms with Gasteiger partial charge in [-0.2, -0.15) is 0 Å². The Morgan fingerprint density at radius 1 is 1.00 bits per heavy atom. The number of benzene rings is 2. The number of hydrogen-bond donors (Lipinski definition) is 4. The van der Waals surface area contributed by atoms with Crippen molar-refractivity contribution in [1.82, 2.24) is 16.2 Å². The Bertz CT molecular complexity index is 838. The van der Waals surface area contributed by atoms with Crippen LogP contribution in [-0.2, 0) is 4.79 Å². The Hall–Kier alpha value is -2.13. The molecule has 2 aromatic rings. The third kappa shape index (κ3) is 8.26. The molecule has 0 radical (unpaired) electrons. The van der Waals surface area contributed by atoms with Gasteiger partial charge in [0.25, 0.3) is 0 Å². The Balaban J connectivity index is 1.60. The van der Waals surface area contributed by atoms with Gasteiger partial charge in [0.15, 0.2) is 10.2 Å². The lowest BCUT2D eigenvalue weighted by Crippen LogP contribution is -2.49. The van der Waals surface area contributed by atoms with E-state index in [4.69, 9.17) is 52.4 Å². The smallest absolute Gasteiger partial charge is 0.226 e. The predicted octanol–water partition coefficient (Wildman–Crippen LogP) is 4.04. The summed E-state index contributed by atoms with van der Waals surface area (Å²) in [5.74, 6) is 0.277. The Kier molecular flexibility index (Phi) is 9.22. The highest BCUT2D eigenvalue weighted by molar-refractivity contribution is 7.80. The molecular formula is C18H18Cl2N4O2S2. The number of carbonyl (C=O) groups is 1. The number of para-hydroxylation sites is 1. The van der Waals surface area contributed by atoms with E-state index in [1.54, 1.807) is 18.2 Å². The van der Waals surface area contributed by atoms with Gasteiger partial charge in [-0.1, -0.05) is 41.4 Å². The zero-order valence-electron chi connectivity index (χ0n) is 14.6. The molecule has 0 unspecified atom stereocenters. The summed E-state index contributed by atoms with van der Waals surface area (Å²) in [6.45, 7) is 0.332. The van der Waals surface area contributed by atoms with Crippen LogP contribution in [0.2, 0.25) is 10.0 Å². The Labute approximate surface area is 183 Å². The molecule has 28 heavy (non-hydrogen) atoms. The highest BCUT2D eigenvalue weighted by Gasteiger charge is 2.06. The molecule has 10 heteroatoms. The van der Waals surface area contributed by atoms with Gasteiger partial charge in [-0.25, -0.2) is 0 Å². The molecule has 0 bridgehead atoms. The molecule has 0 fully saturated rings. The van der Waals surface area contributed by atoms with Crippen molar-refractivity contribution < 1.29 is 9.53 Å². The van der Waals surface area contributed by atoms with Crippen LogP contribution in [0.5, 0.6) is 5.75 Å². The second kappa shape index (κ2) is 11.7. The molecule has 4 N–H and O–H groups in total. The molecule has 0 aliphatic carbocycles. The Morgan fingerprint density at radius 3 is 2.43 bits per heavy atom. The van der Waals surface area contributed by atoms with E-state index in [1.165, 1.54) is 0 Å². The third-order valence-electron chi connectivity index (χ3n) is 3.27. The fraction of sp³-hybridized carbons (Fsp3) is 0.167. The minimum Gasteiger partial charge on any atom is -0.492 e. The van der Waals surface area contributed by atoms with E-state index in [2.05, 4.69) is 21.5 Å². The SMILES string of the molecule is O=C(CCCOc1ccc(Cl)cc1Cl)NC(=S)NNC(=S)Nc1ccccc1. The molecule has 1 amide bonds. The van der Waals surface area contributed by atoms with Crippen molar-refractivity contribution in [2.75, 3.05) is 11.9 Å². The lowest BCUT2D eigenvalue weighted by atomic mass is 10.3. The van der Waals surface area contributed by atoms with E-state index in [-0.39, 0.29) is 17.4 Å². The quantitative estimate of drug-likeness (QED) is 0.296. The van der Waals surface area contributed by atoms with Crippen LogP contribution < -0.4 is 26.2 Å². The number of anilines is 1. The summed E-state index contributed by atoms with van der Waals surface area (Å²) in [7, 11) is 0. The van der Waals surface area contributed by atoms with Gasteiger partial charge in [-0.3, -0.25) is 15.6 Å². The highest BCUT2D eigenvalue weighted by atomic mass is 35.5. The first kappa shape index (κ1) is 22.2.